The minimum absolute atomic E-state index is 0.0668. The van der Waals surface area contributed by atoms with Gasteiger partial charge in [0.05, 0.1) is 12.1 Å². The van der Waals surface area contributed by atoms with E-state index in [1.54, 1.807) is 11.3 Å². The van der Waals surface area contributed by atoms with Crippen molar-refractivity contribution < 1.29 is 4.79 Å². The van der Waals surface area contributed by atoms with Gasteiger partial charge in [0.2, 0.25) is 0 Å². The molecule has 0 bridgehead atoms. The summed E-state index contributed by atoms with van der Waals surface area (Å²) in [7, 11) is 0. The predicted molar refractivity (Wildman–Crippen MR) is 74.2 cm³/mol. The summed E-state index contributed by atoms with van der Waals surface area (Å²) in [6.07, 6.45) is 4.88. The zero-order chi connectivity index (χ0) is 13.2. The molecule has 0 radical (unpaired) electrons. The number of hydrogen-bond acceptors (Lipinski definition) is 4. The van der Waals surface area contributed by atoms with Crippen LogP contribution in [0.4, 0.5) is 0 Å². The lowest BCUT2D eigenvalue weighted by atomic mass is 10.1. The van der Waals surface area contributed by atoms with Crippen LogP contribution in [0.25, 0.3) is 4.96 Å². The number of Topliss-reactive ketones (excluding diaryl/α,β-unsaturated/α-hetero) is 1. The monoisotopic (exact) mass is 265 g/mol. The summed E-state index contributed by atoms with van der Waals surface area (Å²) in [4.78, 5) is 17.2. The maximum absolute atomic E-state index is 11.8. The van der Waals surface area contributed by atoms with E-state index in [9.17, 15) is 4.79 Å². The van der Waals surface area contributed by atoms with Crippen LogP contribution in [0, 0.1) is 0 Å². The summed E-state index contributed by atoms with van der Waals surface area (Å²) in [5.74, 6) is 0.234. The minimum atomic E-state index is 0.0668. The quantitative estimate of drug-likeness (QED) is 0.902. The molecule has 0 aliphatic heterocycles. The topological polar surface area (TPSA) is 46.4 Å². The lowest BCUT2D eigenvalue weighted by Crippen LogP contribution is -2.37. The number of imidazole rings is 1. The number of thiazole rings is 1. The minimum Gasteiger partial charge on any atom is -0.312 e. The van der Waals surface area contributed by atoms with E-state index in [2.05, 4.69) is 31.1 Å². The highest BCUT2D eigenvalue weighted by molar-refractivity contribution is 7.15. The maximum Gasteiger partial charge on any atom is 0.193 e. The number of nitrogens with one attached hydrogen (secondary N) is 1. The number of nitrogens with zero attached hydrogens (tertiary/aromatic N) is 2. The van der Waals surface area contributed by atoms with Gasteiger partial charge in [-0.05, 0) is 20.8 Å². The summed E-state index contributed by atoms with van der Waals surface area (Å²) in [5.41, 5.74) is 0.930. The van der Waals surface area contributed by atoms with E-state index in [1.807, 2.05) is 22.2 Å². The number of aromatic nitrogens is 2. The van der Waals surface area contributed by atoms with Crippen LogP contribution < -0.4 is 5.32 Å². The van der Waals surface area contributed by atoms with Crippen molar-refractivity contribution in [1.82, 2.24) is 14.7 Å². The molecule has 18 heavy (non-hydrogen) atoms. The van der Waals surface area contributed by atoms with Crippen LogP contribution in [0.15, 0.2) is 17.8 Å². The van der Waals surface area contributed by atoms with Gasteiger partial charge < -0.3 is 5.32 Å². The molecule has 0 spiro atoms. The Morgan fingerprint density at radius 1 is 1.50 bits per heavy atom. The van der Waals surface area contributed by atoms with Crippen molar-refractivity contribution in [1.29, 1.82) is 0 Å². The molecule has 2 rings (SSSR count). The van der Waals surface area contributed by atoms with Gasteiger partial charge >= 0.3 is 0 Å². The van der Waals surface area contributed by atoms with Crippen molar-refractivity contribution in [3.63, 3.8) is 0 Å². The Hall–Kier alpha value is -1.20. The molecule has 1 N–H and O–H groups in total. The van der Waals surface area contributed by atoms with Gasteiger partial charge in [-0.3, -0.25) is 9.20 Å². The van der Waals surface area contributed by atoms with Gasteiger partial charge in [0, 0.05) is 36.3 Å². The molecule has 2 aromatic rings. The van der Waals surface area contributed by atoms with Crippen molar-refractivity contribution in [2.24, 2.45) is 0 Å². The fraction of sp³-hybridized carbons (Fsp3) is 0.538. The number of carbonyl (C=O) groups excluding carboxylic acids is 1. The third kappa shape index (κ3) is 3.65. The third-order valence-corrected chi connectivity index (χ3v) is 3.35. The van der Waals surface area contributed by atoms with Crippen LogP contribution in [-0.2, 0) is 11.2 Å². The Labute approximate surface area is 111 Å². The Morgan fingerprint density at radius 3 is 2.94 bits per heavy atom. The standard InChI is InChI=1S/C13H19N3OS/c1-13(2,3)14-5-4-11(17)8-10-9-16-6-7-18-12(16)15-10/h6-7,9,14H,4-5,8H2,1-3H3. The van der Waals surface area contributed by atoms with Gasteiger partial charge in [0.1, 0.15) is 5.78 Å². The molecular formula is C13H19N3OS. The third-order valence-electron chi connectivity index (χ3n) is 2.58. The molecule has 5 heteroatoms. The van der Waals surface area contributed by atoms with E-state index < -0.39 is 0 Å². The van der Waals surface area contributed by atoms with Crippen molar-refractivity contribution >= 4 is 22.1 Å². The van der Waals surface area contributed by atoms with Crippen LogP contribution in [0.5, 0.6) is 0 Å². The first kappa shape index (κ1) is 13.2. The summed E-state index contributed by atoms with van der Waals surface area (Å²) in [6, 6.07) is 0. The molecule has 0 saturated heterocycles. The van der Waals surface area contributed by atoms with Gasteiger partial charge in [0.15, 0.2) is 4.96 Å². The molecule has 0 atom stereocenters. The van der Waals surface area contributed by atoms with E-state index in [0.717, 1.165) is 17.2 Å². The van der Waals surface area contributed by atoms with Gasteiger partial charge in [-0.2, -0.15) is 0 Å². The van der Waals surface area contributed by atoms with Crippen LogP contribution in [0.1, 0.15) is 32.9 Å². The summed E-state index contributed by atoms with van der Waals surface area (Å²) < 4.78 is 1.96. The van der Waals surface area contributed by atoms with Gasteiger partial charge in [0.25, 0.3) is 0 Å². The second-order valence-electron chi connectivity index (χ2n) is 5.47. The Kier molecular flexibility index (Phi) is 3.82. The van der Waals surface area contributed by atoms with Gasteiger partial charge in [-0.1, -0.05) is 0 Å². The zero-order valence-electron chi connectivity index (χ0n) is 11.1. The first-order chi connectivity index (χ1) is 8.44. The zero-order valence-corrected chi connectivity index (χ0v) is 11.9. The van der Waals surface area contributed by atoms with Crippen molar-refractivity contribution in [3.8, 4) is 0 Å². The van der Waals surface area contributed by atoms with Crippen LogP contribution in [0.3, 0.4) is 0 Å². The second kappa shape index (κ2) is 5.20. The molecule has 98 valence electrons. The summed E-state index contributed by atoms with van der Waals surface area (Å²) >= 11 is 1.58. The Morgan fingerprint density at radius 2 is 2.28 bits per heavy atom. The predicted octanol–water partition coefficient (Wildman–Crippen LogP) is 2.29. The number of rotatable bonds is 5. The average Bonchev–Trinajstić information content (AvgIpc) is 2.75. The molecule has 4 nitrogen and oxygen atoms in total. The number of hydrogen-bond donors (Lipinski definition) is 1. The number of fused-ring (bicyclic) bond motifs is 1. The highest BCUT2D eigenvalue weighted by Crippen LogP contribution is 2.12. The molecule has 2 heterocycles. The van der Waals surface area contributed by atoms with E-state index >= 15 is 0 Å². The molecule has 0 aliphatic rings. The Balaban J connectivity index is 1.82. The van der Waals surface area contributed by atoms with E-state index in [0.29, 0.717) is 12.8 Å². The fourth-order valence-electron chi connectivity index (χ4n) is 1.73. The number of carbonyl (C=O) groups is 1. The smallest absolute Gasteiger partial charge is 0.193 e. The highest BCUT2D eigenvalue weighted by Gasteiger charge is 2.11. The van der Waals surface area contributed by atoms with Crippen LogP contribution >= 0.6 is 11.3 Å². The van der Waals surface area contributed by atoms with Crippen molar-refractivity contribution in [2.75, 3.05) is 6.54 Å². The van der Waals surface area contributed by atoms with Crippen molar-refractivity contribution in [3.05, 3.63) is 23.5 Å². The van der Waals surface area contributed by atoms with E-state index in [1.165, 1.54) is 0 Å². The maximum atomic E-state index is 11.8. The van der Waals surface area contributed by atoms with Crippen molar-refractivity contribution in [2.45, 2.75) is 39.2 Å². The lowest BCUT2D eigenvalue weighted by molar-refractivity contribution is -0.118. The molecule has 0 aromatic carbocycles. The van der Waals surface area contributed by atoms with Gasteiger partial charge in [-0.15, -0.1) is 11.3 Å². The molecule has 0 fully saturated rings. The molecular weight excluding hydrogens is 246 g/mol. The Bertz CT molecular complexity index is 507. The fourth-order valence-corrected chi connectivity index (χ4v) is 2.45. The second-order valence-corrected chi connectivity index (χ2v) is 6.34. The van der Waals surface area contributed by atoms with Gasteiger partial charge in [-0.25, -0.2) is 4.98 Å². The van der Waals surface area contributed by atoms with E-state index in [-0.39, 0.29) is 11.3 Å². The molecule has 0 unspecified atom stereocenters. The lowest BCUT2D eigenvalue weighted by Gasteiger charge is -2.19. The normalized spacial score (nSPS) is 12.2. The SMILES string of the molecule is CC(C)(C)NCCC(=O)Cc1cn2ccsc2n1. The van der Waals surface area contributed by atoms with Crippen LogP contribution in [0.2, 0.25) is 0 Å². The van der Waals surface area contributed by atoms with Crippen LogP contribution in [-0.4, -0.2) is 27.3 Å². The van der Waals surface area contributed by atoms with E-state index in [4.69, 9.17) is 0 Å². The molecule has 0 amide bonds. The molecule has 0 aliphatic carbocycles. The first-order valence-corrected chi connectivity index (χ1v) is 7.00. The number of ketones is 1. The average molecular weight is 265 g/mol. The summed E-state index contributed by atoms with van der Waals surface area (Å²) in [5, 5.41) is 5.30. The summed E-state index contributed by atoms with van der Waals surface area (Å²) in [6.45, 7) is 7.02. The molecule has 0 saturated carbocycles. The first-order valence-electron chi connectivity index (χ1n) is 6.12. The highest BCUT2D eigenvalue weighted by atomic mass is 32.1. The largest absolute Gasteiger partial charge is 0.312 e. The molecule has 2 aromatic heterocycles.